The Morgan fingerprint density at radius 2 is 1.84 bits per heavy atom. The van der Waals surface area contributed by atoms with Crippen LogP contribution in [0, 0.1) is 0 Å². The van der Waals surface area contributed by atoms with E-state index in [-0.39, 0.29) is 0 Å². The average molecular weight is 272 g/mol. The van der Waals surface area contributed by atoms with Gasteiger partial charge in [0.25, 0.3) is 0 Å². The molecular weight excluding hydrogens is 256 g/mol. The summed E-state index contributed by atoms with van der Waals surface area (Å²) in [4.78, 5) is 12.6. The van der Waals surface area contributed by atoms with Gasteiger partial charge >= 0.3 is 5.97 Å². The molecule has 0 amide bonds. The highest BCUT2D eigenvalue weighted by Gasteiger charge is 2.03. The number of aliphatic carboxylic acids is 1. The predicted octanol–water partition coefficient (Wildman–Crippen LogP) is 4.64. The van der Waals surface area contributed by atoms with Gasteiger partial charge in [0.2, 0.25) is 0 Å². The zero-order valence-corrected chi connectivity index (χ0v) is 11.8. The van der Waals surface area contributed by atoms with E-state index in [1.165, 1.54) is 11.1 Å². The number of carbonyl (C=O) groups is 1. The molecule has 1 heterocycles. The van der Waals surface area contributed by atoms with Gasteiger partial charge in [-0.3, -0.25) is 0 Å². The summed E-state index contributed by atoms with van der Waals surface area (Å²) in [5.74, 6) is -0.386. The molecule has 3 heteroatoms. The van der Waals surface area contributed by atoms with Crippen LogP contribution in [0.5, 0.6) is 0 Å². The number of benzene rings is 1. The van der Waals surface area contributed by atoms with Gasteiger partial charge in [-0.05, 0) is 35.3 Å². The van der Waals surface area contributed by atoms with Gasteiger partial charge in [-0.15, -0.1) is 11.3 Å². The van der Waals surface area contributed by atoms with Gasteiger partial charge in [0, 0.05) is 15.8 Å². The third-order valence-corrected chi connectivity index (χ3v) is 3.98. The van der Waals surface area contributed by atoms with Crippen LogP contribution in [0.25, 0.3) is 16.5 Å². The third-order valence-electron chi connectivity index (χ3n) is 2.88. The van der Waals surface area contributed by atoms with Gasteiger partial charge in [-0.25, -0.2) is 4.79 Å². The van der Waals surface area contributed by atoms with Crippen molar-refractivity contribution in [3.63, 3.8) is 0 Å². The molecule has 2 rings (SSSR count). The van der Waals surface area contributed by atoms with Crippen molar-refractivity contribution >= 4 is 23.4 Å². The van der Waals surface area contributed by atoms with E-state index in [0.29, 0.717) is 5.92 Å². The van der Waals surface area contributed by atoms with Crippen LogP contribution in [0.15, 0.2) is 42.5 Å². The lowest BCUT2D eigenvalue weighted by Gasteiger charge is -2.05. The number of rotatable bonds is 4. The van der Waals surface area contributed by atoms with E-state index >= 15 is 0 Å². The Bertz CT molecular complexity index is 591. The summed E-state index contributed by atoms with van der Waals surface area (Å²) in [7, 11) is 0. The molecule has 98 valence electrons. The van der Waals surface area contributed by atoms with E-state index in [1.54, 1.807) is 17.4 Å². The van der Waals surface area contributed by atoms with Gasteiger partial charge in [0.1, 0.15) is 0 Å². The van der Waals surface area contributed by atoms with Crippen LogP contribution in [0.1, 0.15) is 30.2 Å². The van der Waals surface area contributed by atoms with Crippen molar-refractivity contribution in [2.45, 2.75) is 19.8 Å². The molecule has 0 saturated carbocycles. The van der Waals surface area contributed by atoms with Crippen LogP contribution < -0.4 is 0 Å². The highest BCUT2D eigenvalue weighted by atomic mass is 32.1. The molecule has 0 saturated heterocycles. The predicted molar refractivity (Wildman–Crippen MR) is 80.5 cm³/mol. The normalized spacial score (nSPS) is 11.3. The van der Waals surface area contributed by atoms with Crippen molar-refractivity contribution in [1.29, 1.82) is 0 Å². The maximum Gasteiger partial charge on any atom is 0.328 e. The van der Waals surface area contributed by atoms with E-state index in [0.717, 1.165) is 15.8 Å². The van der Waals surface area contributed by atoms with Gasteiger partial charge in [0.05, 0.1) is 0 Å². The summed E-state index contributed by atoms with van der Waals surface area (Å²) in [6, 6.07) is 12.5. The topological polar surface area (TPSA) is 37.3 Å². The Balaban J connectivity index is 2.20. The summed E-state index contributed by atoms with van der Waals surface area (Å²) in [6.45, 7) is 4.35. The van der Waals surface area contributed by atoms with Crippen molar-refractivity contribution in [3.05, 3.63) is 52.9 Å². The Hall–Kier alpha value is -1.87. The number of thiophene rings is 1. The molecule has 1 aromatic carbocycles. The van der Waals surface area contributed by atoms with Crippen LogP contribution >= 0.6 is 11.3 Å². The number of hydrogen-bond acceptors (Lipinski definition) is 2. The van der Waals surface area contributed by atoms with Gasteiger partial charge in [-0.2, -0.15) is 0 Å². The molecule has 2 nitrogen and oxygen atoms in total. The first-order valence-electron chi connectivity index (χ1n) is 6.17. The lowest BCUT2D eigenvalue weighted by atomic mass is 10.0. The Labute approximate surface area is 117 Å². The molecular formula is C16H16O2S. The molecule has 0 fully saturated rings. The van der Waals surface area contributed by atoms with Crippen molar-refractivity contribution in [3.8, 4) is 10.4 Å². The minimum Gasteiger partial charge on any atom is -0.478 e. The monoisotopic (exact) mass is 272 g/mol. The fourth-order valence-corrected chi connectivity index (χ4v) is 2.70. The molecule has 0 atom stereocenters. The molecule has 0 aliphatic carbocycles. The second kappa shape index (κ2) is 5.85. The Kier molecular flexibility index (Phi) is 4.17. The molecule has 19 heavy (non-hydrogen) atoms. The molecule has 0 unspecified atom stereocenters. The SMILES string of the molecule is CC(C)c1ccc(-c2ccc(/C=C/C(=O)O)s2)cc1. The minimum atomic E-state index is -0.920. The maximum absolute atomic E-state index is 10.5. The summed E-state index contributed by atoms with van der Waals surface area (Å²) in [6.07, 6.45) is 2.79. The number of hydrogen-bond donors (Lipinski definition) is 1. The molecule has 0 radical (unpaired) electrons. The minimum absolute atomic E-state index is 0.534. The molecule has 0 aliphatic heterocycles. The summed E-state index contributed by atoms with van der Waals surface area (Å²) in [5, 5.41) is 8.60. The fourth-order valence-electron chi connectivity index (χ4n) is 1.78. The van der Waals surface area contributed by atoms with Gasteiger partial charge in [0.15, 0.2) is 0 Å². The van der Waals surface area contributed by atoms with E-state index in [9.17, 15) is 4.79 Å². The molecule has 2 aromatic rings. The Morgan fingerprint density at radius 3 is 2.42 bits per heavy atom. The number of carboxylic acid groups (broad SMARTS) is 1. The van der Waals surface area contributed by atoms with Crippen molar-refractivity contribution < 1.29 is 9.90 Å². The highest BCUT2D eigenvalue weighted by molar-refractivity contribution is 7.16. The number of carboxylic acids is 1. The fraction of sp³-hybridized carbons (Fsp3) is 0.188. The van der Waals surface area contributed by atoms with E-state index in [4.69, 9.17) is 5.11 Å². The van der Waals surface area contributed by atoms with Crippen LogP contribution in [0.3, 0.4) is 0 Å². The first-order valence-corrected chi connectivity index (χ1v) is 6.99. The highest BCUT2D eigenvalue weighted by Crippen LogP contribution is 2.29. The molecule has 0 aliphatic rings. The van der Waals surface area contributed by atoms with E-state index < -0.39 is 5.97 Å². The molecule has 0 bridgehead atoms. The smallest absolute Gasteiger partial charge is 0.328 e. The average Bonchev–Trinajstić information content (AvgIpc) is 2.85. The quantitative estimate of drug-likeness (QED) is 0.823. The van der Waals surface area contributed by atoms with E-state index in [2.05, 4.69) is 38.1 Å². The van der Waals surface area contributed by atoms with Crippen LogP contribution in [-0.2, 0) is 4.79 Å². The zero-order chi connectivity index (χ0) is 13.8. The third kappa shape index (κ3) is 3.55. The van der Waals surface area contributed by atoms with Crippen LogP contribution in [-0.4, -0.2) is 11.1 Å². The summed E-state index contributed by atoms with van der Waals surface area (Å²) < 4.78 is 0. The summed E-state index contributed by atoms with van der Waals surface area (Å²) in [5.41, 5.74) is 2.50. The largest absolute Gasteiger partial charge is 0.478 e. The van der Waals surface area contributed by atoms with Gasteiger partial charge < -0.3 is 5.11 Å². The molecule has 0 spiro atoms. The summed E-state index contributed by atoms with van der Waals surface area (Å²) >= 11 is 1.59. The van der Waals surface area contributed by atoms with Crippen LogP contribution in [0.2, 0.25) is 0 Å². The standard InChI is InChI=1S/C16H16O2S/c1-11(2)12-3-5-13(6-4-12)15-9-7-14(19-15)8-10-16(17)18/h3-11H,1-2H3,(H,17,18)/b10-8+. The van der Waals surface area contributed by atoms with Crippen molar-refractivity contribution in [2.24, 2.45) is 0 Å². The first kappa shape index (κ1) is 13.6. The van der Waals surface area contributed by atoms with E-state index in [1.807, 2.05) is 12.1 Å². The second-order valence-corrected chi connectivity index (χ2v) is 5.77. The first-order chi connectivity index (χ1) is 9.06. The Morgan fingerprint density at radius 1 is 1.16 bits per heavy atom. The second-order valence-electron chi connectivity index (χ2n) is 4.65. The van der Waals surface area contributed by atoms with Gasteiger partial charge in [-0.1, -0.05) is 38.1 Å². The zero-order valence-electron chi connectivity index (χ0n) is 11.0. The lowest BCUT2D eigenvalue weighted by molar-refractivity contribution is -0.131. The van der Waals surface area contributed by atoms with Crippen molar-refractivity contribution in [2.75, 3.05) is 0 Å². The maximum atomic E-state index is 10.5. The molecule has 1 N–H and O–H groups in total. The molecule has 1 aromatic heterocycles. The van der Waals surface area contributed by atoms with Crippen molar-refractivity contribution in [1.82, 2.24) is 0 Å². The lowest BCUT2D eigenvalue weighted by Crippen LogP contribution is -1.85. The van der Waals surface area contributed by atoms with Crippen LogP contribution in [0.4, 0.5) is 0 Å².